The molecule has 0 amide bonds. The predicted octanol–water partition coefficient (Wildman–Crippen LogP) is 2.49. The van der Waals surface area contributed by atoms with Gasteiger partial charge in [-0.2, -0.15) is 0 Å². The highest BCUT2D eigenvalue weighted by atomic mass is 15.0. The van der Waals surface area contributed by atoms with Crippen molar-refractivity contribution >= 4 is 0 Å². The molecule has 1 atom stereocenters. The summed E-state index contributed by atoms with van der Waals surface area (Å²) in [7, 11) is 4.20. The van der Waals surface area contributed by atoms with Crippen LogP contribution >= 0.6 is 0 Å². The topological polar surface area (TPSA) is 31.9 Å². The molecule has 2 rings (SSSR count). The second-order valence-corrected chi connectivity index (χ2v) is 4.53. The van der Waals surface area contributed by atoms with Crippen LogP contribution in [0, 0.1) is 0 Å². The summed E-state index contributed by atoms with van der Waals surface area (Å²) >= 11 is 0. The molecule has 2 aromatic rings. The van der Waals surface area contributed by atoms with Crippen LogP contribution in [0.2, 0.25) is 0 Å². The highest BCUT2D eigenvalue weighted by molar-refractivity contribution is 5.25. The fourth-order valence-electron chi connectivity index (χ4n) is 2.00. The number of imidazole rings is 1. The standard InChI is InChI=1S/C14H19N3/c1-17(2)11-8-13(14-15-9-10-16-14)12-6-4-3-5-7-12/h3-7,9-10,13H,8,11H2,1-2H3,(H,15,16). The Hall–Kier alpha value is -1.61. The van der Waals surface area contributed by atoms with Crippen LogP contribution in [0.15, 0.2) is 42.7 Å². The van der Waals surface area contributed by atoms with Crippen LogP contribution < -0.4 is 0 Å². The van der Waals surface area contributed by atoms with Gasteiger partial charge in [-0.1, -0.05) is 30.3 Å². The number of H-pyrrole nitrogens is 1. The first-order valence-corrected chi connectivity index (χ1v) is 5.96. The van der Waals surface area contributed by atoms with Crippen molar-refractivity contribution in [3.63, 3.8) is 0 Å². The van der Waals surface area contributed by atoms with E-state index in [1.165, 1.54) is 5.56 Å². The van der Waals surface area contributed by atoms with E-state index in [1.807, 2.05) is 12.4 Å². The van der Waals surface area contributed by atoms with E-state index in [2.05, 4.69) is 59.3 Å². The third-order valence-electron chi connectivity index (χ3n) is 2.92. The molecule has 0 fully saturated rings. The molecule has 0 radical (unpaired) electrons. The van der Waals surface area contributed by atoms with Gasteiger partial charge in [-0.15, -0.1) is 0 Å². The van der Waals surface area contributed by atoms with Crippen molar-refractivity contribution in [1.29, 1.82) is 0 Å². The van der Waals surface area contributed by atoms with Gasteiger partial charge in [-0.3, -0.25) is 0 Å². The predicted molar refractivity (Wildman–Crippen MR) is 70.0 cm³/mol. The summed E-state index contributed by atoms with van der Waals surface area (Å²) in [6, 6.07) is 10.6. The van der Waals surface area contributed by atoms with Crippen LogP contribution in [0.25, 0.3) is 0 Å². The number of hydrogen-bond donors (Lipinski definition) is 1. The lowest BCUT2D eigenvalue weighted by molar-refractivity contribution is 0.388. The number of aromatic nitrogens is 2. The van der Waals surface area contributed by atoms with Crippen molar-refractivity contribution in [3.05, 3.63) is 54.1 Å². The normalized spacial score (nSPS) is 12.9. The van der Waals surface area contributed by atoms with Gasteiger partial charge in [0, 0.05) is 18.3 Å². The van der Waals surface area contributed by atoms with E-state index in [9.17, 15) is 0 Å². The third kappa shape index (κ3) is 3.17. The number of benzene rings is 1. The Balaban J connectivity index is 2.19. The van der Waals surface area contributed by atoms with Crippen LogP contribution in [0.5, 0.6) is 0 Å². The van der Waals surface area contributed by atoms with Gasteiger partial charge in [0.05, 0.1) is 0 Å². The minimum absolute atomic E-state index is 0.355. The van der Waals surface area contributed by atoms with E-state index < -0.39 is 0 Å². The van der Waals surface area contributed by atoms with Crippen LogP contribution in [0.3, 0.4) is 0 Å². The number of nitrogens with one attached hydrogen (secondary N) is 1. The van der Waals surface area contributed by atoms with Crippen molar-refractivity contribution in [3.8, 4) is 0 Å². The van der Waals surface area contributed by atoms with E-state index in [1.54, 1.807) is 0 Å². The van der Waals surface area contributed by atoms with Gasteiger partial charge in [-0.05, 0) is 32.6 Å². The van der Waals surface area contributed by atoms with Crippen LogP contribution in [-0.4, -0.2) is 35.5 Å². The first-order valence-electron chi connectivity index (χ1n) is 5.96. The molecular weight excluding hydrogens is 210 g/mol. The summed E-state index contributed by atoms with van der Waals surface area (Å²) in [5.41, 5.74) is 1.32. The fourth-order valence-corrected chi connectivity index (χ4v) is 2.00. The lowest BCUT2D eigenvalue weighted by Crippen LogP contribution is -2.17. The van der Waals surface area contributed by atoms with Crippen LogP contribution in [0.1, 0.15) is 23.7 Å². The van der Waals surface area contributed by atoms with Gasteiger partial charge in [0.1, 0.15) is 5.82 Å². The van der Waals surface area contributed by atoms with Gasteiger partial charge >= 0.3 is 0 Å². The summed E-state index contributed by atoms with van der Waals surface area (Å²) in [5.74, 6) is 1.41. The van der Waals surface area contributed by atoms with Crippen molar-refractivity contribution in [1.82, 2.24) is 14.9 Å². The third-order valence-corrected chi connectivity index (χ3v) is 2.92. The molecule has 0 aliphatic carbocycles. The SMILES string of the molecule is CN(C)CCC(c1ccccc1)c1ncc[nH]1. The summed E-state index contributed by atoms with van der Waals surface area (Å²) in [6.07, 6.45) is 4.78. The number of aromatic amines is 1. The number of nitrogens with zero attached hydrogens (tertiary/aromatic N) is 2. The highest BCUT2D eigenvalue weighted by Gasteiger charge is 2.16. The molecule has 1 aromatic heterocycles. The molecule has 1 N–H and O–H groups in total. The van der Waals surface area contributed by atoms with Crippen LogP contribution in [-0.2, 0) is 0 Å². The van der Waals surface area contributed by atoms with Gasteiger partial charge in [-0.25, -0.2) is 4.98 Å². The minimum Gasteiger partial charge on any atom is -0.348 e. The maximum atomic E-state index is 4.40. The first kappa shape index (κ1) is 11.9. The fraction of sp³-hybridized carbons (Fsp3) is 0.357. The Morgan fingerprint density at radius 3 is 2.59 bits per heavy atom. The van der Waals surface area contributed by atoms with E-state index in [0.717, 1.165) is 18.8 Å². The van der Waals surface area contributed by atoms with Crippen molar-refractivity contribution in [2.24, 2.45) is 0 Å². The summed E-state index contributed by atoms with van der Waals surface area (Å²) in [5, 5.41) is 0. The molecule has 1 aromatic carbocycles. The molecular formula is C14H19N3. The Morgan fingerprint density at radius 2 is 2.00 bits per heavy atom. The van der Waals surface area contributed by atoms with Gasteiger partial charge in [0.15, 0.2) is 0 Å². The molecule has 1 heterocycles. The molecule has 0 saturated heterocycles. The van der Waals surface area contributed by atoms with Crippen molar-refractivity contribution < 1.29 is 0 Å². The minimum atomic E-state index is 0.355. The molecule has 3 heteroatoms. The van der Waals surface area contributed by atoms with Crippen molar-refractivity contribution in [2.75, 3.05) is 20.6 Å². The number of rotatable bonds is 5. The zero-order chi connectivity index (χ0) is 12.1. The maximum Gasteiger partial charge on any atom is 0.113 e. The first-order chi connectivity index (χ1) is 8.27. The van der Waals surface area contributed by atoms with Gasteiger partial charge < -0.3 is 9.88 Å². The quantitative estimate of drug-likeness (QED) is 0.854. The van der Waals surface area contributed by atoms with E-state index >= 15 is 0 Å². The van der Waals surface area contributed by atoms with Crippen molar-refractivity contribution in [2.45, 2.75) is 12.3 Å². The van der Waals surface area contributed by atoms with E-state index in [4.69, 9.17) is 0 Å². The second kappa shape index (κ2) is 5.64. The summed E-state index contributed by atoms with van der Waals surface area (Å²) < 4.78 is 0. The molecule has 0 bridgehead atoms. The zero-order valence-corrected chi connectivity index (χ0v) is 10.4. The largest absolute Gasteiger partial charge is 0.348 e. The Morgan fingerprint density at radius 1 is 1.24 bits per heavy atom. The zero-order valence-electron chi connectivity index (χ0n) is 10.4. The molecule has 1 unspecified atom stereocenters. The van der Waals surface area contributed by atoms with Gasteiger partial charge in [0.2, 0.25) is 0 Å². The number of hydrogen-bond acceptors (Lipinski definition) is 2. The monoisotopic (exact) mass is 229 g/mol. The molecule has 0 aliphatic heterocycles. The molecule has 3 nitrogen and oxygen atoms in total. The van der Waals surface area contributed by atoms with Crippen LogP contribution in [0.4, 0.5) is 0 Å². The summed E-state index contributed by atoms with van der Waals surface area (Å²) in [4.78, 5) is 9.83. The lowest BCUT2D eigenvalue weighted by atomic mass is 9.95. The highest BCUT2D eigenvalue weighted by Crippen LogP contribution is 2.25. The van der Waals surface area contributed by atoms with E-state index in [-0.39, 0.29) is 0 Å². The Bertz CT molecular complexity index is 420. The second-order valence-electron chi connectivity index (χ2n) is 4.53. The molecule has 17 heavy (non-hydrogen) atoms. The molecule has 0 saturated carbocycles. The lowest BCUT2D eigenvalue weighted by Gasteiger charge is -2.17. The average molecular weight is 229 g/mol. The Labute approximate surface area is 103 Å². The smallest absolute Gasteiger partial charge is 0.113 e. The molecule has 90 valence electrons. The average Bonchev–Trinajstić information content (AvgIpc) is 2.84. The maximum absolute atomic E-state index is 4.40. The van der Waals surface area contributed by atoms with Gasteiger partial charge in [0.25, 0.3) is 0 Å². The summed E-state index contributed by atoms with van der Waals surface area (Å²) in [6.45, 7) is 1.06. The van der Waals surface area contributed by atoms with E-state index in [0.29, 0.717) is 5.92 Å². The Kier molecular flexibility index (Phi) is 3.94. The molecule has 0 aliphatic rings. The molecule has 0 spiro atoms.